The van der Waals surface area contributed by atoms with Crippen molar-refractivity contribution in [3.05, 3.63) is 11.6 Å². The Morgan fingerprint density at radius 3 is 2.62 bits per heavy atom. The zero-order chi connectivity index (χ0) is 16.2. The molecule has 0 saturated heterocycles. The van der Waals surface area contributed by atoms with Crippen molar-refractivity contribution in [1.82, 2.24) is 5.32 Å². The number of primary sulfonamides is 1. The first-order valence-corrected chi connectivity index (χ1v) is 10.7. The molecule has 2 rings (SSSR count). The Morgan fingerprint density at radius 1 is 1.48 bits per heavy atom. The van der Waals surface area contributed by atoms with Crippen LogP contribution >= 0.6 is 11.3 Å². The Kier molecular flexibility index (Phi) is 6.99. The summed E-state index contributed by atoms with van der Waals surface area (Å²) in [5, 5.41) is 8.47. The van der Waals surface area contributed by atoms with E-state index in [4.69, 9.17) is 5.14 Å². The molecule has 0 aromatic carbocycles. The number of nitrogens with one attached hydrogen (secondary N) is 1. The van der Waals surface area contributed by atoms with Gasteiger partial charge in [0.2, 0.25) is 10.0 Å². The molecule has 1 aromatic rings. The molecule has 1 aliphatic rings. The van der Waals surface area contributed by atoms with E-state index in [9.17, 15) is 12.6 Å². The third-order valence-corrected chi connectivity index (χ3v) is 7.86. The summed E-state index contributed by atoms with van der Waals surface area (Å²) in [6.45, 7) is 9.59. The molecule has 0 aliphatic carbocycles. The molecule has 21 heavy (non-hydrogen) atoms. The van der Waals surface area contributed by atoms with Gasteiger partial charge in [0.15, 0.2) is 0 Å². The second-order valence-corrected chi connectivity index (χ2v) is 9.61. The maximum Gasteiger partial charge on any atom is 0.247 e. The van der Waals surface area contributed by atoms with Gasteiger partial charge >= 0.3 is 0 Å². The first-order chi connectivity index (χ1) is 9.84. The molecule has 5 nitrogen and oxygen atoms in total. The molecule has 0 amide bonds. The largest absolute Gasteiger partial charge is 0.316 e. The van der Waals surface area contributed by atoms with Crippen LogP contribution in [-0.4, -0.2) is 31.0 Å². The third-order valence-electron chi connectivity index (χ3n) is 3.23. The molecular weight excluding hydrogens is 328 g/mol. The van der Waals surface area contributed by atoms with Crippen molar-refractivity contribution in [2.45, 2.75) is 53.7 Å². The molecule has 122 valence electrons. The molecule has 8 heteroatoms. The maximum absolute atomic E-state index is 12.2. The average Bonchev–Trinajstić information content (AvgIpc) is 2.89. The summed E-state index contributed by atoms with van der Waals surface area (Å²) in [5.41, 5.74) is 0.881. The van der Waals surface area contributed by atoms with Crippen molar-refractivity contribution in [1.29, 1.82) is 0 Å². The van der Waals surface area contributed by atoms with Gasteiger partial charge in [-0.15, -0.1) is 11.3 Å². The van der Waals surface area contributed by atoms with Gasteiger partial charge in [-0.3, -0.25) is 4.21 Å². The first-order valence-electron chi connectivity index (χ1n) is 7.12. The van der Waals surface area contributed by atoms with E-state index in [1.54, 1.807) is 6.07 Å². The van der Waals surface area contributed by atoms with Crippen LogP contribution in [0.5, 0.6) is 0 Å². The Balaban J connectivity index is 0.00000106. The topological polar surface area (TPSA) is 89.3 Å². The zero-order valence-corrected chi connectivity index (χ0v) is 15.3. The molecule has 0 radical (unpaired) electrons. The minimum absolute atomic E-state index is 0.0446. The van der Waals surface area contributed by atoms with Gasteiger partial charge in [-0.1, -0.05) is 27.7 Å². The Morgan fingerprint density at radius 2 is 2.10 bits per heavy atom. The molecule has 0 bridgehead atoms. The first kappa shape index (κ1) is 18.8. The van der Waals surface area contributed by atoms with E-state index in [-0.39, 0.29) is 15.4 Å². The Hall–Kier alpha value is -0.280. The SMILES string of the molecule is CC.CCNCC1CC(C)S(=O)c2sc(S(N)(=O)=O)cc21. The van der Waals surface area contributed by atoms with Crippen LogP contribution in [0.25, 0.3) is 0 Å². The summed E-state index contributed by atoms with van der Waals surface area (Å²) in [5.74, 6) is 0.203. The third kappa shape index (κ3) is 4.35. The summed E-state index contributed by atoms with van der Waals surface area (Å²) < 4.78 is 35.9. The minimum Gasteiger partial charge on any atom is -0.316 e. The normalized spacial score (nSPS) is 24.9. The van der Waals surface area contributed by atoms with E-state index in [1.807, 2.05) is 27.7 Å². The van der Waals surface area contributed by atoms with E-state index >= 15 is 0 Å². The highest BCUT2D eigenvalue weighted by Gasteiger charge is 2.33. The highest BCUT2D eigenvalue weighted by atomic mass is 32.3. The van der Waals surface area contributed by atoms with E-state index < -0.39 is 20.8 Å². The molecule has 3 N–H and O–H groups in total. The molecule has 0 spiro atoms. The summed E-state index contributed by atoms with van der Waals surface area (Å²) in [6, 6.07) is 1.60. The molecule has 3 unspecified atom stereocenters. The minimum atomic E-state index is -3.72. The Bertz CT molecular complexity index is 596. The van der Waals surface area contributed by atoms with Gasteiger partial charge in [-0.05, 0) is 30.5 Å². The fourth-order valence-electron chi connectivity index (χ4n) is 2.26. The van der Waals surface area contributed by atoms with Crippen molar-refractivity contribution in [3.63, 3.8) is 0 Å². The highest BCUT2D eigenvalue weighted by molar-refractivity contribution is 7.92. The number of thiophene rings is 1. The number of hydrogen-bond acceptors (Lipinski definition) is 5. The van der Waals surface area contributed by atoms with Crippen LogP contribution in [0.1, 0.15) is 45.6 Å². The van der Waals surface area contributed by atoms with Crippen molar-refractivity contribution in [3.8, 4) is 0 Å². The lowest BCUT2D eigenvalue weighted by atomic mass is 9.96. The van der Waals surface area contributed by atoms with Crippen LogP contribution in [0.4, 0.5) is 0 Å². The second kappa shape index (κ2) is 7.82. The van der Waals surface area contributed by atoms with Crippen LogP contribution in [0.3, 0.4) is 0 Å². The summed E-state index contributed by atoms with van der Waals surface area (Å²) in [4.78, 5) is 0. The number of nitrogens with two attached hydrogens (primary N) is 1. The van der Waals surface area contributed by atoms with Gasteiger partial charge in [-0.2, -0.15) is 0 Å². The van der Waals surface area contributed by atoms with Crippen LogP contribution in [0.15, 0.2) is 14.5 Å². The second-order valence-electron chi connectivity index (χ2n) is 4.70. The predicted molar refractivity (Wildman–Crippen MR) is 88.8 cm³/mol. The molecule has 1 aromatic heterocycles. The van der Waals surface area contributed by atoms with Gasteiger partial charge in [0.05, 0.1) is 15.0 Å². The summed E-state index contributed by atoms with van der Waals surface area (Å²) in [7, 11) is -4.85. The van der Waals surface area contributed by atoms with Gasteiger partial charge < -0.3 is 5.32 Å². The lowest BCUT2D eigenvalue weighted by Gasteiger charge is -2.26. The summed E-state index contributed by atoms with van der Waals surface area (Å²) >= 11 is 1.05. The molecule has 0 fully saturated rings. The van der Waals surface area contributed by atoms with Crippen LogP contribution in [-0.2, 0) is 20.8 Å². The van der Waals surface area contributed by atoms with Crippen LogP contribution in [0, 0.1) is 0 Å². The van der Waals surface area contributed by atoms with E-state index in [0.29, 0.717) is 4.21 Å². The molecule has 1 aliphatic heterocycles. The van der Waals surface area contributed by atoms with Gasteiger partial charge in [-0.25, -0.2) is 13.6 Å². The van der Waals surface area contributed by atoms with Crippen molar-refractivity contribution >= 4 is 32.2 Å². The number of hydrogen-bond donors (Lipinski definition) is 2. The van der Waals surface area contributed by atoms with E-state index in [2.05, 4.69) is 5.32 Å². The quantitative estimate of drug-likeness (QED) is 0.867. The monoisotopic (exact) mass is 352 g/mol. The number of fused-ring (bicyclic) bond motifs is 1. The van der Waals surface area contributed by atoms with Gasteiger partial charge in [0.25, 0.3) is 0 Å². The number of likely N-dealkylation sites (N-methyl/N-ethyl adjacent to an activating group) is 1. The van der Waals surface area contributed by atoms with Crippen molar-refractivity contribution in [2.24, 2.45) is 5.14 Å². The predicted octanol–water partition coefficient (Wildman–Crippen LogP) is 2.01. The van der Waals surface area contributed by atoms with E-state index in [1.165, 1.54) is 0 Å². The average molecular weight is 353 g/mol. The number of sulfonamides is 1. The number of rotatable bonds is 4. The highest BCUT2D eigenvalue weighted by Crippen LogP contribution is 2.41. The fraction of sp³-hybridized carbons (Fsp3) is 0.692. The molecule has 3 atom stereocenters. The lowest BCUT2D eigenvalue weighted by Crippen LogP contribution is -2.29. The molecular formula is C13H24N2O3S3. The van der Waals surface area contributed by atoms with Crippen LogP contribution < -0.4 is 10.5 Å². The Labute approximate surface area is 133 Å². The van der Waals surface area contributed by atoms with Gasteiger partial charge in [0.1, 0.15) is 4.21 Å². The van der Waals surface area contributed by atoms with Crippen LogP contribution in [0.2, 0.25) is 0 Å². The summed E-state index contributed by atoms with van der Waals surface area (Å²) in [6.07, 6.45) is 0.799. The van der Waals surface area contributed by atoms with E-state index in [0.717, 1.165) is 36.4 Å². The fourth-order valence-corrected chi connectivity index (χ4v) is 6.45. The van der Waals surface area contributed by atoms with Crippen molar-refractivity contribution < 1.29 is 12.6 Å². The standard InChI is InChI=1S/C11H18N2O3S3.C2H6/c1-3-13-6-8-4-7(2)18(14)11-9(8)5-10(17-11)19(12,15)16;1-2/h5,7-8,13H,3-4,6H2,1-2H3,(H2,12,15,16);1-2H3. The van der Waals surface area contributed by atoms with Gasteiger partial charge in [0, 0.05) is 11.8 Å². The van der Waals surface area contributed by atoms with Crippen molar-refractivity contribution in [2.75, 3.05) is 13.1 Å². The maximum atomic E-state index is 12.2. The zero-order valence-electron chi connectivity index (χ0n) is 12.9. The smallest absolute Gasteiger partial charge is 0.247 e. The molecule has 2 heterocycles. The lowest BCUT2D eigenvalue weighted by molar-refractivity contribution is 0.537. The molecule has 0 saturated carbocycles.